The van der Waals surface area contributed by atoms with Crippen molar-refractivity contribution in [2.75, 3.05) is 34.0 Å². The lowest BCUT2D eigenvalue weighted by atomic mass is 9.86. The van der Waals surface area contributed by atoms with Gasteiger partial charge in [-0.15, -0.1) is 8.78 Å². The third kappa shape index (κ3) is 15.6. The lowest BCUT2D eigenvalue weighted by Crippen LogP contribution is -2.62. The van der Waals surface area contributed by atoms with Crippen LogP contribution in [0.2, 0.25) is 0 Å². The highest BCUT2D eigenvalue weighted by Crippen LogP contribution is 2.47. The molecule has 2 unspecified atom stereocenters. The van der Waals surface area contributed by atoms with Gasteiger partial charge >= 0.3 is 36.7 Å². The topological polar surface area (TPSA) is 81.7 Å². The van der Waals surface area contributed by atoms with Crippen LogP contribution in [0.15, 0.2) is 0 Å². The number of hydrogen-bond acceptors (Lipinski definition) is 8. The predicted molar refractivity (Wildman–Crippen MR) is 106 cm³/mol. The molecule has 42 heavy (non-hydrogen) atoms. The van der Waals surface area contributed by atoms with Crippen LogP contribution in [-0.4, -0.2) is 94.8 Å². The molecule has 1 rings (SSSR count). The molecule has 252 valence electrons. The fourth-order valence-electron chi connectivity index (χ4n) is 2.67. The molecule has 0 aliphatic heterocycles. The van der Waals surface area contributed by atoms with Gasteiger partial charge in [-0.1, -0.05) is 6.92 Å². The second kappa shape index (κ2) is 14.8. The molecule has 0 amide bonds. The Morgan fingerprint density at radius 1 is 0.762 bits per heavy atom. The van der Waals surface area contributed by atoms with Crippen LogP contribution in [-0.2, 0) is 38.0 Å². The van der Waals surface area contributed by atoms with Gasteiger partial charge in [-0.05, 0) is 0 Å². The molecule has 0 aromatic rings. The number of esters is 1. The summed E-state index contributed by atoms with van der Waals surface area (Å²) in [4.78, 5) is 9.59. The van der Waals surface area contributed by atoms with E-state index in [0.29, 0.717) is 7.11 Å². The number of ether oxygens (including phenoxy) is 7. The monoisotopic (exact) mass is 660 g/mol. The molecule has 0 aromatic carbocycles. The minimum atomic E-state index is -5.71. The Bertz CT molecular complexity index is 844. The van der Waals surface area contributed by atoms with Crippen molar-refractivity contribution in [3.8, 4) is 0 Å². The molecule has 1 fully saturated rings. The molecular formula is C20H26F14O8. The molecular weight excluding hydrogens is 634 g/mol. The van der Waals surface area contributed by atoms with Gasteiger partial charge in [0.05, 0.1) is 7.11 Å². The van der Waals surface area contributed by atoms with Gasteiger partial charge in [0.15, 0.2) is 6.10 Å². The molecule has 0 bridgehead atoms. The molecule has 2 atom stereocenters. The summed E-state index contributed by atoms with van der Waals surface area (Å²) in [7, 11) is 1.96. The lowest BCUT2D eigenvalue weighted by molar-refractivity contribution is -0.518. The van der Waals surface area contributed by atoms with Gasteiger partial charge in [0.2, 0.25) is 0 Å². The van der Waals surface area contributed by atoms with Crippen LogP contribution in [0, 0.1) is 0 Å². The average Bonchev–Trinajstić information content (AvgIpc) is 2.74. The molecule has 8 nitrogen and oxygen atoms in total. The van der Waals surface area contributed by atoms with E-state index >= 15 is 0 Å². The molecule has 0 heterocycles. The summed E-state index contributed by atoms with van der Waals surface area (Å²) >= 11 is 0. The molecule has 1 saturated carbocycles. The zero-order valence-corrected chi connectivity index (χ0v) is 22.0. The zero-order chi connectivity index (χ0) is 33.4. The fraction of sp³-hybridized carbons (Fsp3) is 0.950. The summed E-state index contributed by atoms with van der Waals surface area (Å²) in [5, 5.41) is 0. The molecule has 1 aliphatic rings. The Morgan fingerprint density at radius 2 is 1.24 bits per heavy atom. The van der Waals surface area contributed by atoms with Gasteiger partial charge < -0.3 is 23.7 Å². The van der Waals surface area contributed by atoms with Crippen molar-refractivity contribution in [2.24, 2.45) is 0 Å². The zero-order valence-electron chi connectivity index (χ0n) is 22.0. The first-order valence-electron chi connectivity index (χ1n) is 11.1. The third-order valence-electron chi connectivity index (χ3n) is 4.45. The highest BCUT2D eigenvalue weighted by molar-refractivity contribution is 5.65. The first kappa shape index (κ1) is 40.2. The highest BCUT2D eigenvalue weighted by Gasteiger charge is 2.64. The predicted octanol–water partition coefficient (Wildman–Crippen LogP) is 6.03. The molecule has 0 N–H and O–H groups in total. The molecule has 0 radical (unpaired) electrons. The van der Waals surface area contributed by atoms with Gasteiger partial charge in [-0.2, -0.15) is 35.1 Å². The summed E-state index contributed by atoms with van der Waals surface area (Å²) in [5.41, 5.74) is 0. The maximum atomic E-state index is 13.8. The van der Waals surface area contributed by atoms with Crippen LogP contribution in [0.5, 0.6) is 0 Å². The Labute approximate surface area is 228 Å². The van der Waals surface area contributed by atoms with E-state index in [2.05, 4.69) is 33.2 Å². The standard InChI is InChI=1S/C17H20F14O6.C3H6O2/c1-3-13(22,23)34-9-4-12(20,21)10(9)35-14(24,25)5-11(18,19)6-33-8-16(28,29)37-17(30,31)36-15(26,27)7-32-2;1-3(4)5-2/h9-10H,3-8H2,1-2H3;1-2H3. The smallest absolute Gasteiger partial charge is 0.469 e. The summed E-state index contributed by atoms with van der Waals surface area (Å²) in [6.07, 6.45) is -35.8. The number of rotatable bonds is 17. The largest absolute Gasteiger partial charge is 0.495 e. The number of halogens is 14. The van der Waals surface area contributed by atoms with E-state index < -0.39 is 93.9 Å². The molecule has 1 aliphatic carbocycles. The van der Waals surface area contributed by atoms with Crippen molar-refractivity contribution in [2.45, 2.75) is 87.9 Å². The number of alkyl halides is 14. The quantitative estimate of drug-likeness (QED) is 0.106. The second-order valence-corrected chi connectivity index (χ2v) is 8.38. The van der Waals surface area contributed by atoms with Gasteiger partial charge in [0, 0.05) is 26.9 Å². The van der Waals surface area contributed by atoms with Crippen LogP contribution in [0.4, 0.5) is 61.5 Å². The molecule has 0 spiro atoms. The van der Waals surface area contributed by atoms with E-state index in [1.807, 2.05) is 0 Å². The molecule has 0 saturated heterocycles. The van der Waals surface area contributed by atoms with Gasteiger partial charge in [0.25, 0.3) is 11.8 Å². The van der Waals surface area contributed by atoms with Gasteiger partial charge in [0.1, 0.15) is 32.3 Å². The van der Waals surface area contributed by atoms with Gasteiger partial charge in [-0.3, -0.25) is 4.79 Å². The number of carbonyl (C=O) groups is 1. The lowest BCUT2D eigenvalue weighted by Gasteiger charge is -2.45. The number of hydrogen-bond donors (Lipinski definition) is 0. The van der Waals surface area contributed by atoms with Crippen LogP contribution < -0.4 is 0 Å². The SMILES string of the molecule is CCC(F)(F)OC1CC(F)(F)C1OC(F)(F)CC(F)(F)COCC(F)(F)OC(F)(F)OC(F)(F)COC.COC(C)=O. The Balaban J connectivity index is 0.00000308. The van der Waals surface area contributed by atoms with Crippen LogP contribution in [0.1, 0.15) is 33.1 Å². The average molecular weight is 660 g/mol. The minimum Gasteiger partial charge on any atom is -0.469 e. The number of methoxy groups -OCH3 is 2. The van der Waals surface area contributed by atoms with Crippen LogP contribution >= 0.6 is 0 Å². The van der Waals surface area contributed by atoms with Crippen LogP contribution in [0.3, 0.4) is 0 Å². The maximum absolute atomic E-state index is 13.8. The Hall–Kier alpha value is -1.75. The van der Waals surface area contributed by atoms with Crippen molar-refractivity contribution in [1.29, 1.82) is 0 Å². The van der Waals surface area contributed by atoms with Crippen molar-refractivity contribution in [3.63, 3.8) is 0 Å². The van der Waals surface area contributed by atoms with E-state index in [1.165, 1.54) is 14.0 Å². The Morgan fingerprint density at radius 3 is 1.64 bits per heavy atom. The minimum absolute atomic E-state index is 0.245. The van der Waals surface area contributed by atoms with Crippen molar-refractivity contribution < 1.29 is 99.4 Å². The first-order valence-corrected chi connectivity index (χ1v) is 11.1. The van der Waals surface area contributed by atoms with Crippen LogP contribution in [0.25, 0.3) is 0 Å². The molecule has 22 heteroatoms. The molecule has 0 aromatic heterocycles. The number of carbonyl (C=O) groups excluding carboxylic acids is 1. The second-order valence-electron chi connectivity index (χ2n) is 8.38. The fourth-order valence-corrected chi connectivity index (χ4v) is 2.67. The summed E-state index contributed by atoms with van der Waals surface area (Å²) in [5.74, 6) is -9.27. The van der Waals surface area contributed by atoms with Crippen molar-refractivity contribution >= 4 is 5.97 Å². The maximum Gasteiger partial charge on any atom is 0.495 e. The van der Waals surface area contributed by atoms with E-state index in [0.717, 1.165) is 6.92 Å². The third-order valence-corrected chi connectivity index (χ3v) is 4.45. The summed E-state index contributed by atoms with van der Waals surface area (Å²) < 4.78 is 212. The van der Waals surface area contributed by atoms with Crippen molar-refractivity contribution in [1.82, 2.24) is 0 Å². The highest BCUT2D eigenvalue weighted by atomic mass is 19.3. The van der Waals surface area contributed by atoms with Gasteiger partial charge in [-0.25, -0.2) is 27.0 Å². The van der Waals surface area contributed by atoms with E-state index in [-0.39, 0.29) is 5.97 Å². The van der Waals surface area contributed by atoms with E-state index in [4.69, 9.17) is 0 Å². The van der Waals surface area contributed by atoms with E-state index in [9.17, 15) is 66.3 Å². The van der Waals surface area contributed by atoms with E-state index in [1.54, 1.807) is 0 Å². The summed E-state index contributed by atoms with van der Waals surface area (Å²) in [6, 6.07) is 0. The van der Waals surface area contributed by atoms with Crippen molar-refractivity contribution in [3.05, 3.63) is 0 Å². The first-order chi connectivity index (χ1) is 18.6. The normalized spacial score (nSPS) is 20.0. The summed E-state index contributed by atoms with van der Waals surface area (Å²) in [6.45, 7) is -4.50. The Kier molecular flexibility index (Phi) is 14.2.